The van der Waals surface area contributed by atoms with Crippen molar-refractivity contribution in [3.8, 4) is 0 Å². The van der Waals surface area contributed by atoms with Crippen LogP contribution in [0, 0.1) is 11.8 Å². The summed E-state index contributed by atoms with van der Waals surface area (Å²) in [5.41, 5.74) is -4.49. The number of hydrogen-bond acceptors (Lipinski definition) is 16. The Morgan fingerprint density at radius 3 is 2.01 bits per heavy atom. The molecule has 0 aromatic heterocycles. The molecule has 21 nitrogen and oxygen atoms in total. The Hall–Kier alpha value is -4.67. The molecule has 3 aliphatic heterocycles. The molecule has 3 heterocycles. The molecule has 7 N–H and O–H groups in total. The number of amides is 5. The Kier molecular flexibility index (Phi) is 16.6. The van der Waals surface area contributed by atoms with Crippen molar-refractivity contribution in [2.45, 2.75) is 172 Å². The van der Waals surface area contributed by atoms with Crippen molar-refractivity contribution in [2.24, 2.45) is 11.8 Å². The lowest BCUT2D eigenvalue weighted by atomic mass is 9.72. The number of carbonyl (C=O) groups is 5. The molecule has 0 aromatic rings. The Labute approximate surface area is 393 Å². The number of allylic oxidation sites excluding steroid dienone is 1. The summed E-state index contributed by atoms with van der Waals surface area (Å²) in [5, 5.41) is 48.2. The Balaban J connectivity index is 1.54. The maximum Gasteiger partial charge on any atom is 0.415 e. The fourth-order valence-corrected chi connectivity index (χ4v) is 8.46. The van der Waals surface area contributed by atoms with Crippen molar-refractivity contribution in [3.63, 3.8) is 0 Å². The predicted molar refractivity (Wildman–Crippen MR) is 241 cm³/mol. The lowest BCUT2D eigenvalue weighted by molar-refractivity contribution is -0.265. The summed E-state index contributed by atoms with van der Waals surface area (Å²) in [4.78, 5) is 69.3. The van der Waals surface area contributed by atoms with Crippen molar-refractivity contribution in [2.75, 3.05) is 39.8 Å². The minimum atomic E-state index is -2.11. The minimum Gasteiger partial charge on any atom is -0.491 e. The molecule has 2 saturated carbocycles. The molecule has 5 aliphatic rings. The number of alkyl carbamates (subject to hydrolysis) is 2. The zero-order valence-electron chi connectivity index (χ0n) is 40.8. The molecule has 21 heteroatoms. The van der Waals surface area contributed by atoms with Gasteiger partial charge in [0.15, 0.2) is 11.9 Å². The first-order valence-corrected chi connectivity index (χ1v) is 22.9. The Bertz CT molecular complexity index is 1880. The lowest BCUT2D eigenvalue weighted by Gasteiger charge is -2.51. The van der Waals surface area contributed by atoms with Gasteiger partial charge in [-0.25, -0.2) is 19.2 Å². The van der Waals surface area contributed by atoms with Gasteiger partial charge in [0.2, 0.25) is 0 Å². The zero-order chi connectivity index (χ0) is 50.0. The lowest BCUT2D eigenvalue weighted by Crippen LogP contribution is -2.73. The van der Waals surface area contributed by atoms with Crippen LogP contribution in [-0.2, 0) is 38.0 Å². The number of rotatable bonds is 13. The summed E-state index contributed by atoms with van der Waals surface area (Å²) in [6.45, 7) is 24.3. The third kappa shape index (κ3) is 14.7. The van der Waals surface area contributed by atoms with Gasteiger partial charge in [-0.3, -0.25) is 4.79 Å². The van der Waals surface area contributed by atoms with E-state index in [1.54, 1.807) is 62.3 Å². The van der Waals surface area contributed by atoms with Gasteiger partial charge in [0, 0.05) is 19.0 Å². The summed E-state index contributed by atoms with van der Waals surface area (Å²) in [6.07, 6.45) is -6.64. The van der Waals surface area contributed by atoms with Gasteiger partial charge in [0.25, 0.3) is 5.91 Å². The monoisotopic (exact) mass is 951 g/mol. The number of nitrogens with one attached hydrogen (secondary N) is 4. The van der Waals surface area contributed by atoms with Crippen LogP contribution in [-0.4, -0.2) is 173 Å². The molecule has 10 atom stereocenters. The van der Waals surface area contributed by atoms with E-state index in [9.17, 15) is 39.3 Å². The molecule has 4 fully saturated rings. The van der Waals surface area contributed by atoms with Crippen LogP contribution in [0.25, 0.3) is 0 Å². The van der Waals surface area contributed by atoms with Crippen LogP contribution >= 0.6 is 0 Å². The molecule has 5 amide bonds. The SMILES string of the molecule is C=C(C)OC(=O)N1CC(O)(C(=O)N[C@@H]2C[C@H](NC(=O)OC(C)(C)C)[C@@H](C3OC(CNCC4CC4)=CC[C@H]3NC(=O)OC(C)(C)C)[C@H](O)[C@H]2O[C@H]2OCC(=C)[C@H](N(C)C(=O)OC(C)(C)C)[C@H]2O)C1. The number of nitrogens with zero attached hydrogens (tertiary/aromatic N) is 2. The first-order valence-electron chi connectivity index (χ1n) is 22.9. The van der Waals surface area contributed by atoms with Crippen molar-refractivity contribution < 1.29 is 72.5 Å². The number of carbonyl (C=O) groups excluding carboxylic acids is 5. The molecule has 0 aromatic carbocycles. The van der Waals surface area contributed by atoms with Gasteiger partial charge < -0.3 is 79.5 Å². The molecule has 2 aliphatic carbocycles. The van der Waals surface area contributed by atoms with Crippen LogP contribution in [0.2, 0.25) is 0 Å². The second-order valence-corrected chi connectivity index (χ2v) is 21.4. The van der Waals surface area contributed by atoms with Crippen molar-refractivity contribution >= 4 is 30.3 Å². The average Bonchev–Trinajstić information content (AvgIpc) is 3.98. The first-order chi connectivity index (χ1) is 30.9. The summed E-state index contributed by atoms with van der Waals surface area (Å²) < 4.78 is 41.1. The highest BCUT2D eigenvalue weighted by Crippen LogP contribution is 2.39. The third-order valence-electron chi connectivity index (χ3n) is 11.6. The van der Waals surface area contributed by atoms with E-state index in [-0.39, 0.29) is 25.2 Å². The number of hydrogen-bond donors (Lipinski definition) is 7. The fourth-order valence-electron chi connectivity index (χ4n) is 8.46. The van der Waals surface area contributed by atoms with Gasteiger partial charge in [0.05, 0.1) is 56.2 Å². The van der Waals surface area contributed by atoms with E-state index in [2.05, 4.69) is 34.4 Å². The fraction of sp³-hybridized carbons (Fsp3) is 0.761. The number of β-amino-alcohol motifs (C(OH)–C–C–N with tert-alkyl or cyclic N) is 1. The number of likely N-dealkylation sites (N-methyl/N-ethyl adjacent to an activating group) is 1. The number of aliphatic hydroxyl groups excluding tert-OH is 2. The third-order valence-corrected chi connectivity index (χ3v) is 11.6. The van der Waals surface area contributed by atoms with Crippen LogP contribution < -0.4 is 21.3 Å². The maximum atomic E-state index is 14.1. The number of ether oxygens (including phenoxy) is 7. The molecule has 0 bridgehead atoms. The average molecular weight is 951 g/mol. The van der Waals surface area contributed by atoms with Gasteiger partial charge >= 0.3 is 24.4 Å². The van der Waals surface area contributed by atoms with Gasteiger partial charge in [-0.15, -0.1) is 0 Å². The van der Waals surface area contributed by atoms with E-state index < -0.39 is 127 Å². The molecule has 0 spiro atoms. The molecule has 1 unspecified atom stereocenters. The minimum absolute atomic E-state index is 0.108. The molecular formula is C46H74N6O15. The summed E-state index contributed by atoms with van der Waals surface area (Å²) in [5.74, 6) is -0.926. The summed E-state index contributed by atoms with van der Waals surface area (Å²) >= 11 is 0. The summed E-state index contributed by atoms with van der Waals surface area (Å²) in [7, 11) is 1.43. The van der Waals surface area contributed by atoms with Gasteiger partial charge in [0.1, 0.15) is 40.9 Å². The number of likely N-dealkylation sites (tertiary alicyclic amines) is 1. The molecule has 0 radical (unpaired) electrons. The second-order valence-electron chi connectivity index (χ2n) is 21.4. The number of aliphatic hydroxyl groups is 3. The van der Waals surface area contributed by atoms with Gasteiger partial charge in [-0.1, -0.05) is 13.2 Å². The van der Waals surface area contributed by atoms with E-state index in [1.165, 1.54) is 18.9 Å². The van der Waals surface area contributed by atoms with Crippen LogP contribution in [0.3, 0.4) is 0 Å². The van der Waals surface area contributed by atoms with E-state index in [1.807, 2.05) is 6.08 Å². The molecule has 378 valence electrons. The predicted octanol–water partition coefficient (Wildman–Crippen LogP) is 2.92. The Morgan fingerprint density at radius 2 is 1.46 bits per heavy atom. The van der Waals surface area contributed by atoms with Crippen molar-refractivity contribution in [1.29, 1.82) is 0 Å². The van der Waals surface area contributed by atoms with Crippen molar-refractivity contribution in [3.05, 3.63) is 36.3 Å². The van der Waals surface area contributed by atoms with Crippen molar-refractivity contribution in [1.82, 2.24) is 31.1 Å². The zero-order valence-corrected chi connectivity index (χ0v) is 40.8. The van der Waals surface area contributed by atoms with E-state index >= 15 is 0 Å². The maximum absolute atomic E-state index is 14.1. The Morgan fingerprint density at radius 1 is 0.881 bits per heavy atom. The van der Waals surface area contributed by atoms with Gasteiger partial charge in [-0.2, -0.15) is 0 Å². The van der Waals surface area contributed by atoms with Crippen LogP contribution in [0.5, 0.6) is 0 Å². The highest BCUT2D eigenvalue weighted by atomic mass is 16.7. The largest absolute Gasteiger partial charge is 0.491 e. The molecule has 2 saturated heterocycles. The smallest absolute Gasteiger partial charge is 0.415 e. The van der Waals surface area contributed by atoms with Crippen LogP contribution in [0.4, 0.5) is 19.2 Å². The normalized spacial score (nSPS) is 29.7. The standard InChI is InChI=1S/C46H74N6O15/c1-24(2)62-42(59)52-22-46(60,23-52)38(55)48-30-18-29(50-40(57)66-44(7,8)9)31(35-28(49-39(56)65-43(4,5)6)17-16-27(63-35)20-47-19-26-14-15-26)33(53)36(30)64-37-34(54)32(25(3)21-61-37)51(13)41(58)67-45(10,11)12/h16,26,28-37,47,53-54,60H,1,3,14-15,17-23H2,2,4-13H3,(H,48,55)(H,49,56)(H,50,57)/t28-,29+,30-,31-,32+,33+,34-,35?,36+,37-/m1/s1. The highest BCUT2D eigenvalue weighted by molar-refractivity contribution is 5.89. The second kappa shape index (κ2) is 20.9. The quantitative estimate of drug-likeness (QED) is 0.0795. The van der Waals surface area contributed by atoms with E-state index in [0.29, 0.717) is 23.8 Å². The molecule has 67 heavy (non-hydrogen) atoms. The molecule has 5 rings (SSSR count). The van der Waals surface area contributed by atoms with Gasteiger partial charge in [-0.05, 0) is 119 Å². The first kappa shape index (κ1) is 53.3. The molecular weight excluding hydrogens is 877 g/mol. The van der Waals surface area contributed by atoms with Crippen LogP contribution in [0.1, 0.15) is 94.9 Å². The van der Waals surface area contributed by atoms with E-state index in [4.69, 9.17) is 33.2 Å². The highest BCUT2D eigenvalue weighted by Gasteiger charge is 2.57. The van der Waals surface area contributed by atoms with Crippen LogP contribution in [0.15, 0.2) is 36.3 Å². The van der Waals surface area contributed by atoms with E-state index in [0.717, 1.165) is 24.3 Å². The topological polar surface area (TPSA) is 265 Å². The summed E-state index contributed by atoms with van der Waals surface area (Å²) in [6, 6.07) is -4.31.